The summed E-state index contributed by atoms with van der Waals surface area (Å²) in [6, 6.07) is 8.41. The summed E-state index contributed by atoms with van der Waals surface area (Å²) < 4.78 is 13.3. The number of nitrogens with zero attached hydrogens (tertiary/aromatic N) is 1. The number of aromatic nitrogens is 1. The highest BCUT2D eigenvalue weighted by atomic mass is 19.1. The monoisotopic (exact) mass is 188 g/mol. The second kappa shape index (κ2) is 3.46. The predicted octanol–water partition coefficient (Wildman–Crippen LogP) is 2.47. The first-order chi connectivity index (χ1) is 6.77. The maximum atomic E-state index is 13.3. The van der Waals surface area contributed by atoms with Gasteiger partial charge >= 0.3 is 0 Å². The molecule has 0 aliphatic carbocycles. The molecule has 2 aromatic rings. The molecule has 1 aromatic heterocycles. The molecule has 0 bridgehead atoms. The van der Waals surface area contributed by atoms with Crippen molar-refractivity contribution in [1.82, 2.24) is 4.98 Å². The van der Waals surface area contributed by atoms with Crippen molar-refractivity contribution in [2.24, 2.45) is 0 Å². The van der Waals surface area contributed by atoms with Crippen LogP contribution in [0.3, 0.4) is 0 Å². The van der Waals surface area contributed by atoms with E-state index in [1.165, 1.54) is 18.5 Å². The Balaban J connectivity index is 2.55. The summed E-state index contributed by atoms with van der Waals surface area (Å²) in [6.07, 6.45) is 2.91. The van der Waals surface area contributed by atoms with Crippen molar-refractivity contribution in [1.29, 1.82) is 0 Å². The van der Waals surface area contributed by atoms with Crippen molar-refractivity contribution in [2.45, 2.75) is 0 Å². The van der Waals surface area contributed by atoms with Crippen molar-refractivity contribution in [3.63, 3.8) is 0 Å². The maximum Gasteiger partial charge on any atom is 0.134 e. The Morgan fingerprint density at radius 1 is 1.21 bits per heavy atom. The zero-order chi connectivity index (χ0) is 9.97. The van der Waals surface area contributed by atoms with Crippen LogP contribution >= 0.6 is 0 Å². The summed E-state index contributed by atoms with van der Waals surface area (Å²) in [5, 5.41) is 0. The zero-order valence-electron chi connectivity index (χ0n) is 7.44. The van der Waals surface area contributed by atoms with Crippen LogP contribution in [0, 0.1) is 5.82 Å². The molecule has 0 spiro atoms. The van der Waals surface area contributed by atoms with Crippen LogP contribution in [0.5, 0.6) is 0 Å². The average molecular weight is 188 g/mol. The standard InChI is InChI=1S/C11H9FN2/c12-11-4-5-14-7-10(11)8-2-1-3-9(13)6-8/h1-7H,13H2. The van der Waals surface area contributed by atoms with E-state index in [-0.39, 0.29) is 5.82 Å². The third-order valence-electron chi connectivity index (χ3n) is 1.97. The number of hydrogen-bond donors (Lipinski definition) is 1. The van der Waals surface area contributed by atoms with Crippen LogP contribution < -0.4 is 5.73 Å². The molecule has 0 saturated carbocycles. The molecule has 1 heterocycles. The second-order valence-electron chi connectivity index (χ2n) is 2.98. The third-order valence-corrected chi connectivity index (χ3v) is 1.97. The van der Waals surface area contributed by atoms with Gasteiger partial charge in [-0.15, -0.1) is 0 Å². The first-order valence-corrected chi connectivity index (χ1v) is 4.23. The maximum absolute atomic E-state index is 13.3. The van der Waals surface area contributed by atoms with Crippen molar-refractivity contribution in [3.05, 3.63) is 48.5 Å². The molecule has 0 fully saturated rings. The van der Waals surface area contributed by atoms with E-state index in [2.05, 4.69) is 4.98 Å². The van der Waals surface area contributed by atoms with E-state index >= 15 is 0 Å². The molecule has 0 saturated heterocycles. The molecular weight excluding hydrogens is 179 g/mol. The van der Waals surface area contributed by atoms with Gasteiger partial charge in [0.15, 0.2) is 0 Å². The van der Waals surface area contributed by atoms with Gasteiger partial charge in [0.25, 0.3) is 0 Å². The van der Waals surface area contributed by atoms with Crippen LogP contribution in [-0.2, 0) is 0 Å². The molecule has 0 amide bonds. The highest BCUT2D eigenvalue weighted by Crippen LogP contribution is 2.22. The van der Waals surface area contributed by atoms with Gasteiger partial charge in [-0.3, -0.25) is 4.98 Å². The minimum atomic E-state index is -0.286. The smallest absolute Gasteiger partial charge is 0.134 e. The molecule has 0 aliphatic rings. The lowest BCUT2D eigenvalue weighted by Gasteiger charge is -2.02. The summed E-state index contributed by atoms with van der Waals surface area (Å²) in [6.45, 7) is 0. The van der Waals surface area contributed by atoms with Crippen LogP contribution in [0.15, 0.2) is 42.7 Å². The molecule has 14 heavy (non-hydrogen) atoms. The molecule has 2 rings (SSSR count). The number of nitrogens with two attached hydrogens (primary N) is 1. The van der Waals surface area contributed by atoms with Gasteiger partial charge < -0.3 is 5.73 Å². The fourth-order valence-corrected chi connectivity index (χ4v) is 1.30. The van der Waals surface area contributed by atoms with Gasteiger partial charge in [0, 0.05) is 23.6 Å². The third kappa shape index (κ3) is 1.57. The van der Waals surface area contributed by atoms with Gasteiger partial charge in [-0.25, -0.2) is 4.39 Å². The Hall–Kier alpha value is -1.90. The fraction of sp³-hybridized carbons (Fsp3) is 0. The summed E-state index contributed by atoms with van der Waals surface area (Å²) in [7, 11) is 0. The molecule has 0 radical (unpaired) electrons. The molecule has 3 heteroatoms. The van der Waals surface area contributed by atoms with E-state index in [4.69, 9.17) is 5.73 Å². The van der Waals surface area contributed by atoms with Crippen LogP contribution in [0.2, 0.25) is 0 Å². The van der Waals surface area contributed by atoms with Crippen LogP contribution in [0.1, 0.15) is 0 Å². The quantitative estimate of drug-likeness (QED) is 0.698. The number of rotatable bonds is 1. The van der Waals surface area contributed by atoms with Gasteiger partial charge in [-0.05, 0) is 23.8 Å². The lowest BCUT2D eigenvalue weighted by molar-refractivity contribution is 0.629. The topological polar surface area (TPSA) is 38.9 Å². The molecule has 0 aliphatic heterocycles. The van der Waals surface area contributed by atoms with Gasteiger partial charge in [0.2, 0.25) is 0 Å². The van der Waals surface area contributed by atoms with Gasteiger partial charge in [0.1, 0.15) is 5.82 Å². The number of nitrogen functional groups attached to an aromatic ring is 1. The van der Waals surface area contributed by atoms with Crippen molar-refractivity contribution in [3.8, 4) is 11.1 Å². The Bertz CT molecular complexity index is 455. The SMILES string of the molecule is Nc1cccc(-c2cnccc2F)c1. The van der Waals surface area contributed by atoms with E-state index in [0.29, 0.717) is 11.3 Å². The first kappa shape index (κ1) is 8.69. The highest BCUT2D eigenvalue weighted by molar-refractivity contribution is 5.66. The van der Waals surface area contributed by atoms with Crippen molar-refractivity contribution < 1.29 is 4.39 Å². The summed E-state index contributed by atoms with van der Waals surface area (Å²) in [5.41, 5.74) is 7.44. The van der Waals surface area contributed by atoms with E-state index < -0.39 is 0 Å². The fourth-order valence-electron chi connectivity index (χ4n) is 1.30. The lowest BCUT2D eigenvalue weighted by atomic mass is 10.1. The minimum absolute atomic E-state index is 0.286. The molecule has 0 atom stereocenters. The molecule has 2 nitrogen and oxygen atoms in total. The average Bonchev–Trinajstić information content (AvgIpc) is 2.18. The number of benzene rings is 1. The van der Waals surface area contributed by atoms with Crippen LogP contribution in [-0.4, -0.2) is 4.98 Å². The van der Waals surface area contributed by atoms with Gasteiger partial charge in [0.05, 0.1) is 0 Å². The number of halogens is 1. The molecule has 0 unspecified atom stereocenters. The van der Waals surface area contributed by atoms with E-state index in [1.54, 1.807) is 24.3 Å². The molecular formula is C11H9FN2. The molecule has 1 aromatic carbocycles. The van der Waals surface area contributed by atoms with E-state index in [1.807, 2.05) is 0 Å². The number of hydrogen-bond acceptors (Lipinski definition) is 2. The Morgan fingerprint density at radius 3 is 2.79 bits per heavy atom. The van der Waals surface area contributed by atoms with E-state index in [9.17, 15) is 4.39 Å². The van der Waals surface area contributed by atoms with Crippen LogP contribution in [0.25, 0.3) is 11.1 Å². The normalized spacial score (nSPS) is 10.1. The molecule has 2 N–H and O–H groups in total. The van der Waals surface area contributed by atoms with Crippen molar-refractivity contribution >= 4 is 5.69 Å². The summed E-state index contributed by atoms with van der Waals surface area (Å²) in [5.74, 6) is -0.286. The Labute approximate surface area is 81.2 Å². The minimum Gasteiger partial charge on any atom is -0.399 e. The Kier molecular flexibility index (Phi) is 2.14. The van der Waals surface area contributed by atoms with Gasteiger partial charge in [-0.1, -0.05) is 12.1 Å². The first-order valence-electron chi connectivity index (χ1n) is 4.23. The summed E-state index contributed by atoms with van der Waals surface area (Å²) in [4.78, 5) is 3.87. The summed E-state index contributed by atoms with van der Waals surface area (Å²) >= 11 is 0. The van der Waals surface area contributed by atoms with Crippen molar-refractivity contribution in [2.75, 3.05) is 5.73 Å². The lowest BCUT2D eigenvalue weighted by Crippen LogP contribution is -1.88. The second-order valence-corrected chi connectivity index (χ2v) is 2.98. The zero-order valence-corrected chi connectivity index (χ0v) is 7.44. The highest BCUT2D eigenvalue weighted by Gasteiger charge is 2.03. The number of pyridine rings is 1. The Morgan fingerprint density at radius 2 is 2.07 bits per heavy atom. The predicted molar refractivity (Wildman–Crippen MR) is 54.0 cm³/mol. The van der Waals surface area contributed by atoms with Crippen LogP contribution in [0.4, 0.5) is 10.1 Å². The largest absolute Gasteiger partial charge is 0.399 e. The number of anilines is 1. The van der Waals surface area contributed by atoms with Gasteiger partial charge in [-0.2, -0.15) is 0 Å². The van der Waals surface area contributed by atoms with E-state index in [0.717, 1.165) is 5.56 Å². The molecule has 70 valence electrons.